The molecule has 0 saturated carbocycles. The van der Waals surface area contributed by atoms with Gasteiger partial charge in [-0.25, -0.2) is 4.79 Å². The summed E-state index contributed by atoms with van der Waals surface area (Å²) in [6.07, 6.45) is 0. The molecule has 15 heavy (non-hydrogen) atoms. The van der Waals surface area contributed by atoms with Crippen LogP contribution in [0.1, 0.15) is 9.67 Å². The fraction of sp³-hybridized carbons (Fsp3) is 0.250. The van der Waals surface area contributed by atoms with Gasteiger partial charge in [0.25, 0.3) is 5.91 Å². The van der Waals surface area contributed by atoms with E-state index in [4.69, 9.17) is 4.74 Å². The standard InChI is InChI=1S/C8H7Br2NO3S/c1-11-6(12)3-14-8(13)5-2-4(9)7(10)15-5/h2H,3H2,1H3,(H,11,12). The molecule has 0 unspecified atom stereocenters. The summed E-state index contributed by atoms with van der Waals surface area (Å²) in [7, 11) is 1.48. The second-order valence-corrected chi connectivity index (χ2v) is 5.71. The molecule has 1 aromatic rings. The van der Waals surface area contributed by atoms with Gasteiger partial charge in [0.1, 0.15) is 4.88 Å². The molecule has 0 bridgehead atoms. The third-order valence-corrected chi connectivity index (χ3v) is 4.70. The molecule has 4 nitrogen and oxygen atoms in total. The summed E-state index contributed by atoms with van der Waals surface area (Å²) in [5.41, 5.74) is 0. The maximum Gasteiger partial charge on any atom is 0.348 e. The summed E-state index contributed by atoms with van der Waals surface area (Å²) < 4.78 is 6.37. The van der Waals surface area contributed by atoms with Gasteiger partial charge in [-0.1, -0.05) is 0 Å². The third kappa shape index (κ3) is 3.58. The van der Waals surface area contributed by atoms with Crippen LogP contribution in [-0.2, 0) is 9.53 Å². The predicted octanol–water partition coefficient (Wildman–Crippen LogP) is 2.18. The van der Waals surface area contributed by atoms with Crippen molar-refractivity contribution < 1.29 is 14.3 Å². The lowest BCUT2D eigenvalue weighted by Gasteiger charge is -2.00. The quantitative estimate of drug-likeness (QED) is 0.844. The Morgan fingerprint density at radius 3 is 2.67 bits per heavy atom. The first kappa shape index (κ1) is 12.7. The molecule has 0 radical (unpaired) electrons. The zero-order valence-electron chi connectivity index (χ0n) is 7.67. The van der Waals surface area contributed by atoms with Crippen LogP contribution in [0.5, 0.6) is 0 Å². The second-order valence-electron chi connectivity index (χ2n) is 2.48. The summed E-state index contributed by atoms with van der Waals surface area (Å²) in [4.78, 5) is 22.7. The molecule has 1 amide bonds. The van der Waals surface area contributed by atoms with Crippen LogP contribution in [0.15, 0.2) is 14.3 Å². The number of amides is 1. The Kier molecular flexibility index (Phi) is 4.75. The lowest BCUT2D eigenvalue weighted by molar-refractivity contribution is -0.123. The van der Waals surface area contributed by atoms with Crippen LogP contribution in [0.4, 0.5) is 0 Å². The first-order valence-corrected chi connectivity index (χ1v) is 6.27. The van der Waals surface area contributed by atoms with Crippen molar-refractivity contribution in [3.8, 4) is 0 Å². The maximum atomic E-state index is 11.4. The number of carbonyl (C=O) groups excluding carboxylic acids is 2. The number of nitrogens with one attached hydrogen (secondary N) is 1. The van der Waals surface area contributed by atoms with E-state index < -0.39 is 5.97 Å². The Morgan fingerprint density at radius 1 is 1.53 bits per heavy atom. The molecule has 0 aliphatic rings. The first-order chi connectivity index (χ1) is 7.04. The van der Waals surface area contributed by atoms with Crippen molar-refractivity contribution in [3.05, 3.63) is 19.2 Å². The summed E-state index contributed by atoms with van der Waals surface area (Å²) in [5, 5.41) is 2.36. The molecule has 0 aliphatic carbocycles. The molecular weight excluding hydrogens is 350 g/mol. The number of hydrogen-bond acceptors (Lipinski definition) is 4. The van der Waals surface area contributed by atoms with Crippen molar-refractivity contribution in [2.45, 2.75) is 0 Å². The normalized spacial score (nSPS) is 9.80. The highest BCUT2D eigenvalue weighted by molar-refractivity contribution is 9.13. The number of rotatable bonds is 3. The number of halogens is 2. The van der Waals surface area contributed by atoms with Crippen LogP contribution in [0, 0.1) is 0 Å². The molecule has 82 valence electrons. The number of likely N-dealkylation sites (N-methyl/N-ethyl adjacent to an activating group) is 1. The van der Waals surface area contributed by atoms with Crippen molar-refractivity contribution in [2.24, 2.45) is 0 Å². The fourth-order valence-electron chi connectivity index (χ4n) is 0.722. The fourth-order valence-corrected chi connectivity index (χ4v) is 2.65. The minimum atomic E-state index is -0.505. The van der Waals surface area contributed by atoms with Crippen molar-refractivity contribution in [3.63, 3.8) is 0 Å². The average Bonchev–Trinajstić information content (AvgIpc) is 2.55. The molecular formula is C8H7Br2NO3S. The lowest BCUT2D eigenvalue weighted by Crippen LogP contribution is -2.24. The zero-order valence-corrected chi connectivity index (χ0v) is 11.7. The van der Waals surface area contributed by atoms with E-state index in [9.17, 15) is 9.59 Å². The monoisotopic (exact) mass is 355 g/mol. The van der Waals surface area contributed by atoms with Gasteiger partial charge in [-0.15, -0.1) is 11.3 Å². The molecule has 1 rings (SSSR count). The number of thiophene rings is 1. The molecule has 1 aromatic heterocycles. The van der Waals surface area contributed by atoms with Crippen LogP contribution in [-0.4, -0.2) is 25.5 Å². The summed E-state index contributed by atoms with van der Waals surface area (Å²) in [6, 6.07) is 1.64. The van der Waals surface area contributed by atoms with E-state index in [-0.39, 0.29) is 12.5 Å². The molecule has 1 N–H and O–H groups in total. The Morgan fingerprint density at radius 2 is 2.20 bits per heavy atom. The van der Waals surface area contributed by atoms with E-state index in [0.29, 0.717) is 4.88 Å². The average molecular weight is 357 g/mol. The highest BCUT2D eigenvalue weighted by atomic mass is 79.9. The van der Waals surface area contributed by atoms with Gasteiger partial charge >= 0.3 is 5.97 Å². The first-order valence-electron chi connectivity index (χ1n) is 3.87. The molecule has 0 saturated heterocycles. The minimum Gasteiger partial charge on any atom is -0.451 e. The summed E-state index contributed by atoms with van der Waals surface area (Å²) in [5.74, 6) is -0.840. The van der Waals surface area contributed by atoms with Gasteiger partial charge in [-0.05, 0) is 37.9 Å². The van der Waals surface area contributed by atoms with Crippen LogP contribution < -0.4 is 5.32 Å². The molecule has 7 heteroatoms. The van der Waals surface area contributed by atoms with E-state index in [2.05, 4.69) is 37.2 Å². The molecule has 0 fully saturated rings. The van der Waals surface area contributed by atoms with Crippen LogP contribution >= 0.6 is 43.2 Å². The molecule has 0 aromatic carbocycles. The highest BCUT2D eigenvalue weighted by Gasteiger charge is 2.14. The predicted molar refractivity (Wildman–Crippen MR) is 64.1 cm³/mol. The third-order valence-electron chi connectivity index (χ3n) is 1.46. The maximum absolute atomic E-state index is 11.4. The van der Waals surface area contributed by atoms with E-state index in [1.54, 1.807) is 6.07 Å². The van der Waals surface area contributed by atoms with Gasteiger partial charge in [0.05, 0.1) is 3.79 Å². The van der Waals surface area contributed by atoms with Gasteiger partial charge in [0.15, 0.2) is 6.61 Å². The van der Waals surface area contributed by atoms with Crippen LogP contribution in [0.25, 0.3) is 0 Å². The van der Waals surface area contributed by atoms with Crippen molar-refractivity contribution in [1.82, 2.24) is 5.32 Å². The Bertz CT molecular complexity index is 372. The van der Waals surface area contributed by atoms with Crippen molar-refractivity contribution >= 4 is 55.1 Å². The van der Waals surface area contributed by atoms with E-state index in [1.807, 2.05) is 0 Å². The van der Waals surface area contributed by atoms with E-state index in [1.165, 1.54) is 18.4 Å². The zero-order chi connectivity index (χ0) is 11.4. The molecule has 0 atom stereocenters. The number of hydrogen-bond donors (Lipinski definition) is 1. The summed E-state index contributed by atoms with van der Waals surface area (Å²) >= 11 is 7.76. The van der Waals surface area contributed by atoms with Crippen molar-refractivity contribution in [2.75, 3.05) is 13.7 Å². The minimum absolute atomic E-state index is 0.261. The van der Waals surface area contributed by atoms with E-state index in [0.717, 1.165) is 8.26 Å². The van der Waals surface area contributed by atoms with E-state index >= 15 is 0 Å². The Labute approximate surface area is 107 Å². The number of esters is 1. The molecule has 0 spiro atoms. The van der Waals surface area contributed by atoms with Crippen molar-refractivity contribution in [1.29, 1.82) is 0 Å². The largest absolute Gasteiger partial charge is 0.451 e. The summed E-state index contributed by atoms with van der Waals surface area (Å²) in [6.45, 7) is -0.261. The topological polar surface area (TPSA) is 55.4 Å². The smallest absolute Gasteiger partial charge is 0.348 e. The molecule has 0 aliphatic heterocycles. The van der Waals surface area contributed by atoms with Gasteiger partial charge in [-0.2, -0.15) is 0 Å². The van der Waals surface area contributed by atoms with Crippen LogP contribution in [0.2, 0.25) is 0 Å². The Balaban J connectivity index is 2.58. The number of ether oxygens (including phenoxy) is 1. The van der Waals surface area contributed by atoms with Gasteiger partial charge in [-0.3, -0.25) is 4.79 Å². The second kappa shape index (κ2) is 5.62. The van der Waals surface area contributed by atoms with Gasteiger partial charge < -0.3 is 10.1 Å². The Hall–Kier alpha value is -0.400. The van der Waals surface area contributed by atoms with Gasteiger partial charge in [0.2, 0.25) is 0 Å². The number of carbonyl (C=O) groups is 2. The van der Waals surface area contributed by atoms with Gasteiger partial charge in [0, 0.05) is 11.5 Å². The highest BCUT2D eigenvalue weighted by Crippen LogP contribution is 2.32. The SMILES string of the molecule is CNC(=O)COC(=O)c1cc(Br)c(Br)s1. The lowest BCUT2D eigenvalue weighted by atomic mass is 10.5. The molecule has 1 heterocycles. The van der Waals surface area contributed by atoms with Crippen LogP contribution in [0.3, 0.4) is 0 Å².